The molecule has 9 heteroatoms. The summed E-state index contributed by atoms with van der Waals surface area (Å²) >= 11 is 5.93. The number of para-hydroxylation sites is 1. The molecular weight excluding hydrogens is 368 g/mol. The van der Waals surface area contributed by atoms with Crippen LogP contribution in [0.5, 0.6) is 0 Å². The van der Waals surface area contributed by atoms with Crippen LogP contribution in [0.4, 0.5) is 5.69 Å². The van der Waals surface area contributed by atoms with Gasteiger partial charge in [-0.1, -0.05) is 48.0 Å². The maximum absolute atomic E-state index is 12.5. The molecule has 7 nitrogen and oxygen atoms in total. The van der Waals surface area contributed by atoms with E-state index < -0.39 is 32.3 Å². The maximum Gasteiger partial charge on any atom is 0.273 e. The molecule has 1 aliphatic rings. The number of Topliss-reactive ketones (excluding diaryl/α,β-unsaturated/α-hetero) is 2. The van der Waals surface area contributed by atoms with Crippen molar-refractivity contribution in [2.24, 2.45) is 0 Å². The lowest BCUT2D eigenvalue weighted by Gasteiger charge is -2.18. The first-order valence-corrected chi connectivity index (χ1v) is 8.81. The van der Waals surface area contributed by atoms with Gasteiger partial charge in [0.1, 0.15) is 10.7 Å². The second-order valence-electron chi connectivity index (χ2n) is 5.10. The van der Waals surface area contributed by atoms with Gasteiger partial charge in [0.25, 0.3) is 15.7 Å². The second-order valence-corrected chi connectivity index (χ2v) is 7.13. The molecule has 0 amide bonds. The normalized spacial score (nSPS) is 14.3. The van der Waals surface area contributed by atoms with Crippen molar-refractivity contribution in [3.63, 3.8) is 0 Å². The number of ketones is 2. The van der Waals surface area contributed by atoms with E-state index in [9.17, 15) is 22.9 Å². The Kier molecular flexibility index (Phi) is 4.23. The third-order valence-electron chi connectivity index (χ3n) is 3.59. The topological polar surface area (TPSA) is 111 Å². The molecule has 0 bridgehead atoms. The van der Waals surface area contributed by atoms with E-state index in [-0.39, 0.29) is 21.7 Å². The molecule has 0 atom stereocenters. The monoisotopic (exact) mass is 377 g/mol. The third-order valence-corrected chi connectivity index (χ3v) is 5.35. The molecule has 0 saturated carbocycles. The zero-order chi connectivity index (χ0) is 18.2. The molecule has 0 unspecified atom stereocenters. The van der Waals surface area contributed by atoms with Crippen LogP contribution < -0.4 is 9.90 Å². The minimum absolute atomic E-state index is 0.0461. The number of carbonyl (C=O) groups excluding carboxylic acids is 2. The van der Waals surface area contributed by atoms with Gasteiger partial charge >= 0.3 is 0 Å². The molecule has 2 aromatic rings. The van der Waals surface area contributed by atoms with Crippen molar-refractivity contribution in [2.75, 3.05) is 0 Å². The number of rotatable bonds is 4. The van der Waals surface area contributed by atoms with Crippen LogP contribution in [0.2, 0.25) is 0 Å². The number of nitroso groups, excluding NO2 is 1. The van der Waals surface area contributed by atoms with Gasteiger partial charge in [0, 0.05) is 27.3 Å². The van der Waals surface area contributed by atoms with Gasteiger partial charge in [-0.2, -0.15) is 0 Å². The van der Waals surface area contributed by atoms with Crippen LogP contribution in [0.1, 0.15) is 20.7 Å². The van der Waals surface area contributed by atoms with E-state index in [1.165, 1.54) is 41.6 Å². The van der Waals surface area contributed by atoms with Crippen molar-refractivity contribution in [3.8, 4) is 0 Å². The molecule has 0 radical (unpaired) electrons. The van der Waals surface area contributed by atoms with E-state index in [2.05, 4.69) is 0 Å². The number of halogens is 1. The SMILES string of the molecule is O=[NH+]c1ccccc1S(=O)(=O)NC1=C(Cl)C(=O)c2ccccc2C1=O. The van der Waals surface area contributed by atoms with Gasteiger partial charge in [0.05, 0.1) is 0 Å². The fraction of sp³-hybridized carbons (Fsp3) is 0. The van der Waals surface area contributed by atoms with Gasteiger partial charge in [0.15, 0.2) is 4.90 Å². The highest BCUT2D eigenvalue weighted by Crippen LogP contribution is 2.28. The zero-order valence-electron chi connectivity index (χ0n) is 12.4. The Hall–Kier alpha value is -2.84. The Morgan fingerprint density at radius 3 is 2.08 bits per heavy atom. The number of benzene rings is 2. The Morgan fingerprint density at radius 1 is 0.880 bits per heavy atom. The molecule has 0 fully saturated rings. The number of allylic oxidation sites excluding steroid dienone is 2. The van der Waals surface area contributed by atoms with Gasteiger partial charge in [-0.15, -0.1) is 0 Å². The predicted octanol–water partition coefficient (Wildman–Crippen LogP) is 0.973. The van der Waals surface area contributed by atoms with Crippen LogP contribution >= 0.6 is 11.6 Å². The van der Waals surface area contributed by atoms with Crippen LogP contribution in [0.3, 0.4) is 0 Å². The summed E-state index contributed by atoms with van der Waals surface area (Å²) in [6, 6.07) is 11.3. The van der Waals surface area contributed by atoms with E-state index in [4.69, 9.17) is 11.6 Å². The number of hydrogen-bond donors (Lipinski definition) is 2. The number of fused-ring (bicyclic) bond motifs is 1. The Labute approximate surface area is 147 Å². The fourth-order valence-electron chi connectivity index (χ4n) is 2.41. The minimum Gasteiger partial charge on any atom is -0.287 e. The van der Waals surface area contributed by atoms with Crippen molar-refractivity contribution in [1.82, 2.24) is 4.72 Å². The Bertz CT molecular complexity index is 1060. The molecule has 3 rings (SSSR count). The first kappa shape index (κ1) is 17.0. The molecule has 25 heavy (non-hydrogen) atoms. The molecule has 126 valence electrons. The van der Waals surface area contributed by atoms with Crippen LogP contribution in [-0.2, 0) is 10.0 Å². The summed E-state index contributed by atoms with van der Waals surface area (Å²) < 4.78 is 27.1. The maximum atomic E-state index is 12.5. The van der Waals surface area contributed by atoms with Crippen LogP contribution in [0, 0.1) is 4.91 Å². The highest BCUT2D eigenvalue weighted by molar-refractivity contribution is 7.89. The lowest BCUT2D eigenvalue weighted by atomic mass is 9.93. The molecular formula is C16H10ClN2O5S+. The Morgan fingerprint density at radius 2 is 1.44 bits per heavy atom. The first-order valence-electron chi connectivity index (χ1n) is 6.95. The minimum atomic E-state index is -4.32. The average Bonchev–Trinajstić information content (AvgIpc) is 2.63. The summed E-state index contributed by atoms with van der Waals surface area (Å²) in [6.45, 7) is 0. The number of hydrogen-bond acceptors (Lipinski definition) is 5. The fourth-order valence-corrected chi connectivity index (χ4v) is 3.93. The third kappa shape index (κ3) is 2.86. The van der Waals surface area contributed by atoms with E-state index >= 15 is 0 Å². The molecule has 0 aromatic heterocycles. The van der Waals surface area contributed by atoms with Gasteiger partial charge in [-0.3, -0.25) is 14.3 Å². The van der Waals surface area contributed by atoms with Crippen molar-refractivity contribution in [3.05, 3.63) is 75.3 Å². The van der Waals surface area contributed by atoms with Gasteiger partial charge in [-0.25, -0.2) is 8.42 Å². The lowest BCUT2D eigenvalue weighted by Crippen LogP contribution is -2.56. The molecule has 1 aliphatic carbocycles. The zero-order valence-corrected chi connectivity index (χ0v) is 14.0. The number of sulfonamides is 1. The van der Waals surface area contributed by atoms with Crippen LogP contribution in [-0.4, -0.2) is 20.0 Å². The summed E-state index contributed by atoms with van der Waals surface area (Å²) in [4.78, 5) is 35.4. The van der Waals surface area contributed by atoms with E-state index in [0.29, 0.717) is 0 Å². The summed E-state index contributed by atoms with van der Waals surface area (Å²) in [5.41, 5.74) is -0.611. The lowest BCUT2D eigenvalue weighted by molar-refractivity contribution is -0.382. The van der Waals surface area contributed by atoms with Crippen molar-refractivity contribution < 1.29 is 23.2 Å². The quantitative estimate of drug-likeness (QED) is 0.824. The summed E-state index contributed by atoms with van der Waals surface area (Å²) in [5.74, 6) is -1.39. The highest BCUT2D eigenvalue weighted by Gasteiger charge is 2.34. The van der Waals surface area contributed by atoms with Gasteiger partial charge in [-0.05, 0) is 6.07 Å². The summed E-state index contributed by atoms with van der Waals surface area (Å²) in [6.07, 6.45) is 0. The van der Waals surface area contributed by atoms with Crippen molar-refractivity contribution in [1.29, 1.82) is 0 Å². The molecule has 2 N–H and O–H groups in total. The van der Waals surface area contributed by atoms with Crippen molar-refractivity contribution in [2.45, 2.75) is 4.90 Å². The number of carbonyl (C=O) groups is 2. The van der Waals surface area contributed by atoms with Crippen LogP contribution in [0.25, 0.3) is 0 Å². The van der Waals surface area contributed by atoms with Gasteiger partial charge < -0.3 is 0 Å². The molecule has 0 saturated heterocycles. The van der Waals surface area contributed by atoms with Crippen LogP contribution in [0.15, 0.2) is 64.2 Å². The van der Waals surface area contributed by atoms with E-state index in [0.717, 1.165) is 0 Å². The standard InChI is InChI=1S/C16H9ClN2O5S/c17-13-14(16(21)10-6-2-1-5-9(10)15(13)20)19-25(23,24)12-8-4-3-7-11(12)18-22/h1-8,19H/p+1. The molecule has 2 aromatic carbocycles. The molecule has 0 heterocycles. The average molecular weight is 378 g/mol. The first-order chi connectivity index (χ1) is 11.9. The smallest absolute Gasteiger partial charge is 0.273 e. The number of nitrogens with one attached hydrogen (secondary N) is 2. The van der Waals surface area contributed by atoms with Gasteiger partial charge in [0.2, 0.25) is 11.6 Å². The highest BCUT2D eigenvalue weighted by atomic mass is 35.5. The van der Waals surface area contributed by atoms with E-state index in [1.807, 2.05) is 4.72 Å². The predicted molar refractivity (Wildman–Crippen MR) is 88.7 cm³/mol. The molecule has 0 aliphatic heterocycles. The Balaban J connectivity index is 2.08. The summed E-state index contributed by atoms with van der Waals surface area (Å²) in [5, 5.41) is 0.988. The molecule has 0 spiro atoms. The van der Waals surface area contributed by atoms with E-state index in [1.54, 1.807) is 12.1 Å². The largest absolute Gasteiger partial charge is 0.287 e. The van der Waals surface area contributed by atoms with Crippen molar-refractivity contribution >= 4 is 38.9 Å². The summed E-state index contributed by atoms with van der Waals surface area (Å²) in [7, 11) is -4.32. The second kappa shape index (κ2) is 6.23.